The molecule has 2 aromatic rings. The van der Waals surface area contributed by atoms with Crippen LogP contribution < -0.4 is 15.0 Å². The van der Waals surface area contributed by atoms with Gasteiger partial charge in [0, 0.05) is 18.8 Å². The summed E-state index contributed by atoms with van der Waals surface area (Å²) in [7, 11) is 1.72. The van der Waals surface area contributed by atoms with Crippen molar-refractivity contribution < 1.29 is 14.3 Å². The Balaban J connectivity index is 1.88. The van der Waals surface area contributed by atoms with E-state index in [4.69, 9.17) is 16.3 Å². The van der Waals surface area contributed by atoms with E-state index in [1.807, 2.05) is 13.8 Å². The van der Waals surface area contributed by atoms with E-state index in [0.717, 1.165) is 0 Å². The fourth-order valence-corrected chi connectivity index (χ4v) is 2.93. The largest absolute Gasteiger partial charge is 0.490 e. The smallest absolute Gasteiger partial charge is 0.257 e. The second kappa shape index (κ2) is 6.41. The van der Waals surface area contributed by atoms with Crippen molar-refractivity contribution in [2.24, 2.45) is 5.41 Å². The maximum absolute atomic E-state index is 12.5. The summed E-state index contributed by atoms with van der Waals surface area (Å²) >= 11 is 6.06. The zero-order valence-electron chi connectivity index (χ0n) is 14.3. The van der Waals surface area contributed by atoms with Gasteiger partial charge in [0.25, 0.3) is 5.91 Å². The van der Waals surface area contributed by atoms with Gasteiger partial charge in [-0.25, -0.2) is 0 Å². The van der Waals surface area contributed by atoms with Crippen molar-refractivity contribution in [2.75, 3.05) is 23.9 Å². The zero-order valence-corrected chi connectivity index (χ0v) is 15.1. The van der Waals surface area contributed by atoms with Gasteiger partial charge in [-0.15, -0.1) is 0 Å². The molecule has 3 rings (SSSR count). The van der Waals surface area contributed by atoms with Crippen LogP contribution in [0.1, 0.15) is 24.2 Å². The van der Waals surface area contributed by atoms with E-state index in [-0.39, 0.29) is 18.4 Å². The van der Waals surface area contributed by atoms with Crippen LogP contribution in [-0.4, -0.2) is 25.5 Å². The van der Waals surface area contributed by atoms with Crippen molar-refractivity contribution in [3.8, 4) is 5.75 Å². The molecule has 130 valence electrons. The Labute approximate surface area is 151 Å². The molecule has 2 amide bonds. The summed E-state index contributed by atoms with van der Waals surface area (Å²) in [6, 6.07) is 12.1. The first-order valence-corrected chi connectivity index (χ1v) is 8.28. The summed E-state index contributed by atoms with van der Waals surface area (Å²) < 4.78 is 5.82. The first-order chi connectivity index (χ1) is 11.8. The number of halogens is 1. The lowest BCUT2D eigenvalue weighted by molar-refractivity contribution is -0.127. The molecule has 25 heavy (non-hydrogen) atoms. The standard InChI is InChI=1S/C19H19ClN2O3/c1-19(2)11-25-16-10-12(8-9-15(16)22(3)18(19)24)21-17(23)13-6-4-5-7-14(13)20/h4-10H,11H2,1-3H3,(H,21,23). The van der Waals surface area contributed by atoms with Crippen LogP contribution in [0.5, 0.6) is 5.75 Å². The van der Waals surface area contributed by atoms with Crippen LogP contribution in [0, 0.1) is 5.41 Å². The fraction of sp³-hybridized carbons (Fsp3) is 0.263. The third kappa shape index (κ3) is 3.33. The van der Waals surface area contributed by atoms with Crippen LogP contribution in [0.3, 0.4) is 0 Å². The Morgan fingerprint density at radius 3 is 2.68 bits per heavy atom. The highest BCUT2D eigenvalue weighted by molar-refractivity contribution is 6.34. The number of amides is 2. The van der Waals surface area contributed by atoms with Crippen LogP contribution in [0.2, 0.25) is 5.02 Å². The summed E-state index contributed by atoms with van der Waals surface area (Å²) in [5, 5.41) is 3.20. The third-order valence-electron chi connectivity index (χ3n) is 4.17. The van der Waals surface area contributed by atoms with Crippen molar-refractivity contribution in [2.45, 2.75) is 13.8 Å². The molecule has 5 nitrogen and oxygen atoms in total. The SMILES string of the molecule is CN1C(=O)C(C)(C)COc2cc(NC(=O)c3ccccc3Cl)ccc21. The number of carbonyl (C=O) groups is 2. The number of rotatable bonds is 2. The Morgan fingerprint density at radius 1 is 1.24 bits per heavy atom. The topological polar surface area (TPSA) is 58.6 Å². The van der Waals surface area contributed by atoms with E-state index in [1.54, 1.807) is 54.4 Å². The lowest BCUT2D eigenvalue weighted by Gasteiger charge is -2.24. The molecule has 2 aromatic carbocycles. The first kappa shape index (κ1) is 17.3. The average molecular weight is 359 g/mol. The van der Waals surface area contributed by atoms with Crippen LogP contribution in [0.4, 0.5) is 11.4 Å². The van der Waals surface area contributed by atoms with Crippen LogP contribution >= 0.6 is 11.6 Å². The summed E-state index contributed by atoms with van der Waals surface area (Å²) in [4.78, 5) is 26.5. The molecule has 0 aliphatic carbocycles. The van der Waals surface area contributed by atoms with E-state index in [1.165, 1.54) is 0 Å². The Bertz CT molecular complexity index is 848. The third-order valence-corrected chi connectivity index (χ3v) is 4.50. The van der Waals surface area contributed by atoms with Crippen molar-refractivity contribution in [3.63, 3.8) is 0 Å². The molecule has 0 fully saturated rings. The molecule has 0 bridgehead atoms. The molecule has 1 heterocycles. The van der Waals surface area contributed by atoms with Gasteiger partial charge < -0.3 is 15.0 Å². The van der Waals surface area contributed by atoms with Gasteiger partial charge in [-0.3, -0.25) is 9.59 Å². The molecule has 0 saturated carbocycles. The summed E-state index contributed by atoms with van der Waals surface area (Å²) in [5.41, 5.74) is 1.03. The predicted octanol–water partition coefficient (Wildman–Crippen LogP) is 3.97. The number of ether oxygens (including phenoxy) is 1. The quantitative estimate of drug-likeness (QED) is 0.883. The van der Waals surface area contributed by atoms with Crippen molar-refractivity contribution in [1.29, 1.82) is 0 Å². The number of fused-ring (bicyclic) bond motifs is 1. The Kier molecular flexibility index (Phi) is 4.43. The maximum atomic E-state index is 12.5. The van der Waals surface area contributed by atoms with Gasteiger partial charge in [0.2, 0.25) is 5.91 Å². The molecule has 0 spiro atoms. The molecule has 1 aliphatic rings. The number of nitrogens with zero attached hydrogens (tertiary/aromatic N) is 1. The van der Waals surface area contributed by atoms with E-state index in [0.29, 0.717) is 27.7 Å². The van der Waals surface area contributed by atoms with Crippen molar-refractivity contribution in [1.82, 2.24) is 0 Å². The molecule has 1 N–H and O–H groups in total. The van der Waals surface area contributed by atoms with Gasteiger partial charge in [-0.1, -0.05) is 23.7 Å². The van der Waals surface area contributed by atoms with Gasteiger partial charge in [-0.2, -0.15) is 0 Å². The molecule has 0 unspecified atom stereocenters. The number of carbonyl (C=O) groups excluding carboxylic acids is 2. The molecule has 0 radical (unpaired) electrons. The molecule has 6 heteroatoms. The highest BCUT2D eigenvalue weighted by atomic mass is 35.5. The first-order valence-electron chi connectivity index (χ1n) is 7.90. The fourth-order valence-electron chi connectivity index (χ4n) is 2.71. The van der Waals surface area contributed by atoms with Crippen molar-refractivity contribution >= 4 is 34.8 Å². The van der Waals surface area contributed by atoms with Gasteiger partial charge in [0.15, 0.2) is 0 Å². The molecule has 0 atom stereocenters. The van der Waals surface area contributed by atoms with Crippen LogP contribution in [-0.2, 0) is 4.79 Å². The van der Waals surface area contributed by atoms with Gasteiger partial charge in [0.05, 0.1) is 21.7 Å². The van der Waals surface area contributed by atoms with E-state index < -0.39 is 5.41 Å². The normalized spacial score (nSPS) is 15.8. The van der Waals surface area contributed by atoms with E-state index in [2.05, 4.69) is 5.32 Å². The number of hydrogen-bond acceptors (Lipinski definition) is 3. The summed E-state index contributed by atoms with van der Waals surface area (Å²) in [6.45, 7) is 3.96. The lowest BCUT2D eigenvalue weighted by atomic mass is 9.93. The lowest BCUT2D eigenvalue weighted by Crippen LogP contribution is -2.39. The molecule has 0 saturated heterocycles. The monoisotopic (exact) mass is 358 g/mol. The molecular formula is C19H19ClN2O3. The van der Waals surface area contributed by atoms with Crippen LogP contribution in [0.25, 0.3) is 0 Å². The molecule has 0 aromatic heterocycles. The molecular weight excluding hydrogens is 340 g/mol. The highest BCUT2D eigenvalue weighted by Gasteiger charge is 2.36. The van der Waals surface area contributed by atoms with Gasteiger partial charge >= 0.3 is 0 Å². The number of hydrogen-bond donors (Lipinski definition) is 1. The minimum absolute atomic E-state index is 0.0147. The second-order valence-electron chi connectivity index (χ2n) is 6.65. The Hall–Kier alpha value is -2.53. The van der Waals surface area contributed by atoms with Gasteiger partial charge in [-0.05, 0) is 38.1 Å². The zero-order chi connectivity index (χ0) is 18.2. The minimum Gasteiger partial charge on any atom is -0.490 e. The summed E-state index contributed by atoms with van der Waals surface area (Å²) in [5.74, 6) is 0.237. The van der Waals surface area contributed by atoms with E-state index >= 15 is 0 Å². The number of benzene rings is 2. The highest BCUT2D eigenvalue weighted by Crippen LogP contribution is 2.37. The number of anilines is 2. The summed E-state index contributed by atoms with van der Waals surface area (Å²) in [6.07, 6.45) is 0. The number of nitrogens with one attached hydrogen (secondary N) is 1. The Morgan fingerprint density at radius 2 is 1.96 bits per heavy atom. The predicted molar refractivity (Wildman–Crippen MR) is 98.5 cm³/mol. The second-order valence-corrected chi connectivity index (χ2v) is 7.06. The van der Waals surface area contributed by atoms with Crippen molar-refractivity contribution in [3.05, 3.63) is 53.1 Å². The van der Waals surface area contributed by atoms with E-state index in [9.17, 15) is 9.59 Å². The minimum atomic E-state index is -0.616. The van der Waals surface area contributed by atoms with Crippen LogP contribution in [0.15, 0.2) is 42.5 Å². The maximum Gasteiger partial charge on any atom is 0.257 e. The van der Waals surface area contributed by atoms with Gasteiger partial charge in [0.1, 0.15) is 12.4 Å². The molecule has 1 aliphatic heterocycles. The average Bonchev–Trinajstić information content (AvgIpc) is 2.66.